The highest BCUT2D eigenvalue weighted by atomic mass is 16.3. The molecule has 1 N–H and O–H groups in total. The molecule has 1 aliphatic heterocycles. The highest BCUT2D eigenvalue weighted by Crippen LogP contribution is 2.31. The highest BCUT2D eigenvalue weighted by molar-refractivity contribution is 5.80. The van der Waals surface area contributed by atoms with Crippen LogP contribution in [0.2, 0.25) is 0 Å². The van der Waals surface area contributed by atoms with Crippen molar-refractivity contribution in [3.05, 3.63) is 12.2 Å². The molecule has 2 aliphatic rings. The van der Waals surface area contributed by atoms with Gasteiger partial charge in [-0.3, -0.25) is 4.79 Å². The maximum Gasteiger partial charge on any atom is 0.226 e. The van der Waals surface area contributed by atoms with Gasteiger partial charge in [0.25, 0.3) is 0 Å². The number of rotatable bonds is 2. The predicted octanol–water partition coefficient (Wildman–Crippen LogP) is 1.18. The second-order valence-corrected chi connectivity index (χ2v) is 5.09. The third-order valence-corrected chi connectivity index (χ3v) is 3.67. The fourth-order valence-corrected chi connectivity index (χ4v) is 2.21. The summed E-state index contributed by atoms with van der Waals surface area (Å²) in [5.41, 5.74) is -0.637. The first-order valence-corrected chi connectivity index (χ1v) is 5.69. The van der Waals surface area contributed by atoms with E-state index in [1.165, 1.54) is 0 Å². The summed E-state index contributed by atoms with van der Waals surface area (Å²) < 4.78 is 0. The van der Waals surface area contributed by atoms with Gasteiger partial charge in [-0.2, -0.15) is 0 Å². The number of hydrogen-bond acceptors (Lipinski definition) is 2. The zero-order chi connectivity index (χ0) is 11.1. The fraction of sp³-hybridized carbons (Fsp3) is 0.750. The Morgan fingerprint density at radius 3 is 2.40 bits per heavy atom. The van der Waals surface area contributed by atoms with Gasteiger partial charge in [-0.15, -0.1) is 0 Å². The Morgan fingerprint density at radius 2 is 1.93 bits per heavy atom. The minimum atomic E-state index is -0.637. The number of nitrogens with zero attached hydrogens (tertiary/aromatic N) is 1. The van der Waals surface area contributed by atoms with Crippen molar-refractivity contribution >= 4 is 5.91 Å². The highest BCUT2D eigenvalue weighted by Gasteiger charge is 2.46. The number of β-amino-alcohol motifs (C(OH)–C–C–N with tert-alkyl or cyclic N) is 1. The molecule has 1 aliphatic carbocycles. The van der Waals surface area contributed by atoms with Crippen LogP contribution in [0.3, 0.4) is 0 Å². The molecular formula is C12H19NO2. The van der Waals surface area contributed by atoms with E-state index in [1.807, 2.05) is 13.8 Å². The maximum absolute atomic E-state index is 11.9. The smallest absolute Gasteiger partial charge is 0.226 e. The van der Waals surface area contributed by atoms with Crippen molar-refractivity contribution in [3.8, 4) is 0 Å². The summed E-state index contributed by atoms with van der Waals surface area (Å²) in [7, 11) is 0. The Balaban J connectivity index is 1.86. The zero-order valence-electron chi connectivity index (χ0n) is 9.44. The fourth-order valence-electron chi connectivity index (χ4n) is 2.21. The Hall–Kier alpha value is -0.830. The molecule has 2 rings (SSSR count). The van der Waals surface area contributed by atoms with Crippen LogP contribution in [0.25, 0.3) is 0 Å². The van der Waals surface area contributed by atoms with Crippen molar-refractivity contribution < 1.29 is 9.90 Å². The monoisotopic (exact) mass is 209 g/mol. The third kappa shape index (κ3) is 1.81. The molecule has 1 amide bonds. The van der Waals surface area contributed by atoms with Gasteiger partial charge in [0.2, 0.25) is 5.91 Å². The predicted molar refractivity (Wildman–Crippen MR) is 58.2 cm³/mol. The van der Waals surface area contributed by atoms with Gasteiger partial charge in [0.05, 0.1) is 13.1 Å². The number of likely N-dealkylation sites (tertiary alicyclic amines) is 1. The number of allylic oxidation sites excluding steroid dienone is 2. The molecule has 3 nitrogen and oxygen atoms in total. The molecule has 0 atom stereocenters. The Morgan fingerprint density at radius 1 is 1.40 bits per heavy atom. The molecule has 1 fully saturated rings. The van der Waals surface area contributed by atoms with E-state index in [9.17, 15) is 9.90 Å². The molecule has 0 aromatic rings. The molecule has 0 aromatic heterocycles. The molecule has 0 spiro atoms. The van der Waals surface area contributed by atoms with Crippen molar-refractivity contribution in [2.24, 2.45) is 11.8 Å². The van der Waals surface area contributed by atoms with Gasteiger partial charge in [-0.1, -0.05) is 26.0 Å². The topological polar surface area (TPSA) is 40.5 Å². The van der Waals surface area contributed by atoms with Gasteiger partial charge in [-0.25, -0.2) is 0 Å². The van der Waals surface area contributed by atoms with E-state index >= 15 is 0 Å². The summed E-state index contributed by atoms with van der Waals surface area (Å²) >= 11 is 0. The summed E-state index contributed by atoms with van der Waals surface area (Å²) in [5.74, 6) is 0.579. The third-order valence-electron chi connectivity index (χ3n) is 3.67. The standard InChI is InChI=1S/C12H19NO2/c1-9(2)12(15)7-13(8-12)11(14)10-5-3-4-6-10/h3-4,9-10,15H,5-8H2,1-2H3. The summed E-state index contributed by atoms with van der Waals surface area (Å²) in [6.07, 6.45) is 5.87. The first-order valence-electron chi connectivity index (χ1n) is 5.69. The summed E-state index contributed by atoms with van der Waals surface area (Å²) in [6.45, 7) is 5.03. The van der Waals surface area contributed by atoms with Gasteiger partial charge in [0.15, 0.2) is 0 Å². The van der Waals surface area contributed by atoms with Crippen LogP contribution in [-0.2, 0) is 4.79 Å². The lowest BCUT2D eigenvalue weighted by atomic mass is 9.82. The molecule has 0 saturated carbocycles. The number of aliphatic hydroxyl groups is 1. The van der Waals surface area contributed by atoms with Crippen LogP contribution in [-0.4, -0.2) is 34.6 Å². The van der Waals surface area contributed by atoms with Crippen molar-refractivity contribution in [1.82, 2.24) is 4.90 Å². The van der Waals surface area contributed by atoms with Gasteiger partial charge >= 0.3 is 0 Å². The largest absolute Gasteiger partial charge is 0.386 e. The van der Waals surface area contributed by atoms with E-state index in [2.05, 4.69) is 12.2 Å². The van der Waals surface area contributed by atoms with Crippen LogP contribution in [0.4, 0.5) is 0 Å². The lowest BCUT2D eigenvalue weighted by Gasteiger charge is -2.49. The first kappa shape index (κ1) is 10.7. The zero-order valence-corrected chi connectivity index (χ0v) is 9.44. The Labute approximate surface area is 90.8 Å². The normalized spacial score (nSPS) is 24.7. The lowest BCUT2D eigenvalue weighted by molar-refractivity contribution is -0.167. The number of hydrogen-bond donors (Lipinski definition) is 1. The summed E-state index contributed by atoms with van der Waals surface area (Å²) in [6, 6.07) is 0. The molecule has 84 valence electrons. The number of amides is 1. The van der Waals surface area contributed by atoms with Crippen molar-refractivity contribution in [2.75, 3.05) is 13.1 Å². The number of carbonyl (C=O) groups is 1. The molecule has 0 unspecified atom stereocenters. The van der Waals surface area contributed by atoms with Gasteiger partial charge in [0, 0.05) is 5.92 Å². The molecule has 1 heterocycles. The van der Waals surface area contributed by atoms with Crippen LogP contribution in [0.1, 0.15) is 26.7 Å². The summed E-state index contributed by atoms with van der Waals surface area (Å²) in [4.78, 5) is 13.7. The van der Waals surface area contributed by atoms with Crippen LogP contribution < -0.4 is 0 Å². The van der Waals surface area contributed by atoms with Crippen LogP contribution in [0, 0.1) is 11.8 Å². The second-order valence-electron chi connectivity index (χ2n) is 5.09. The Bertz CT molecular complexity index is 282. The average molecular weight is 209 g/mol. The average Bonchev–Trinajstić information content (AvgIpc) is 2.64. The quantitative estimate of drug-likeness (QED) is 0.694. The van der Waals surface area contributed by atoms with E-state index in [-0.39, 0.29) is 17.7 Å². The first-order chi connectivity index (χ1) is 7.03. The lowest BCUT2D eigenvalue weighted by Crippen LogP contribution is -2.66. The van der Waals surface area contributed by atoms with E-state index in [4.69, 9.17) is 0 Å². The van der Waals surface area contributed by atoms with Crippen LogP contribution >= 0.6 is 0 Å². The van der Waals surface area contributed by atoms with Gasteiger partial charge in [-0.05, 0) is 18.8 Å². The van der Waals surface area contributed by atoms with E-state index in [0.29, 0.717) is 13.1 Å². The summed E-state index contributed by atoms with van der Waals surface area (Å²) in [5, 5.41) is 10.0. The van der Waals surface area contributed by atoms with E-state index < -0.39 is 5.60 Å². The molecular weight excluding hydrogens is 190 g/mol. The SMILES string of the molecule is CC(C)C1(O)CN(C(=O)C2CC=CC2)C1. The van der Waals surface area contributed by atoms with E-state index in [0.717, 1.165) is 12.8 Å². The Kier molecular flexibility index (Phi) is 2.59. The van der Waals surface area contributed by atoms with E-state index in [1.54, 1.807) is 4.90 Å². The van der Waals surface area contributed by atoms with Gasteiger partial charge < -0.3 is 10.0 Å². The second kappa shape index (κ2) is 3.63. The van der Waals surface area contributed by atoms with Crippen molar-refractivity contribution in [3.63, 3.8) is 0 Å². The van der Waals surface area contributed by atoms with Crippen LogP contribution in [0.15, 0.2) is 12.2 Å². The maximum atomic E-state index is 11.9. The molecule has 15 heavy (non-hydrogen) atoms. The van der Waals surface area contributed by atoms with Gasteiger partial charge in [0.1, 0.15) is 5.60 Å². The molecule has 3 heteroatoms. The van der Waals surface area contributed by atoms with Crippen molar-refractivity contribution in [2.45, 2.75) is 32.3 Å². The molecule has 0 bridgehead atoms. The molecule has 0 aromatic carbocycles. The molecule has 1 saturated heterocycles. The minimum absolute atomic E-state index is 0.140. The number of carbonyl (C=O) groups excluding carboxylic acids is 1. The van der Waals surface area contributed by atoms with Crippen molar-refractivity contribution in [1.29, 1.82) is 0 Å². The van der Waals surface area contributed by atoms with Crippen LogP contribution in [0.5, 0.6) is 0 Å². The minimum Gasteiger partial charge on any atom is -0.386 e. The molecule has 0 radical (unpaired) electrons.